The maximum Gasteiger partial charge on any atom is 0.121 e. The minimum Gasteiger partial charge on any atom is -0.497 e. The largest absolute Gasteiger partial charge is 0.497 e. The van der Waals surface area contributed by atoms with E-state index in [-0.39, 0.29) is 5.54 Å². The molecule has 6 rings (SSSR count). The van der Waals surface area contributed by atoms with Crippen molar-refractivity contribution < 1.29 is 4.74 Å². The number of ether oxygens (including phenoxy) is 1. The predicted molar refractivity (Wildman–Crippen MR) is 194 cm³/mol. The second kappa shape index (κ2) is 13.9. The van der Waals surface area contributed by atoms with Crippen LogP contribution in [0, 0.1) is 0 Å². The molecule has 10 heteroatoms. The lowest BCUT2D eigenvalue weighted by molar-refractivity contribution is 0.353. The summed E-state index contributed by atoms with van der Waals surface area (Å²) in [6, 6.07) is 24.9. The number of hydrogen-bond donors (Lipinski definition) is 5. The molecule has 0 amide bonds. The zero-order valence-corrected chi connectivity index (χ0v) is 28.4. The number of hydrazine groups is 2. The van der Waals surface area contributed by atoms with Crippen molar-refractivity contribution in [1.29, 1.82) is 0 Å². The number of para-hydroxylation sites is 4. The first-order valence-electron chi connectivity index (χ1n) is 16.9. The van der Waals surface area contributed by atoms with Crippen LogP contribution < -0.4 is 51.4 Å². The third kappa shape index (κ3) is 7.40. The summed E-state index contributed by atoms with van der Waals surface area (Å²) in [4.78, 5) is 7.45. The number of nitrogens with one attached hydrogen (secondary N) is 5. The van der Waals surface area contributed by atoms with Crippen LogP contribution in [0.1, 0.15) is 34.6 Å². The first-order valence-corrected chi connectivity index (χ1v) is 16.9. The number of methoxy groups -OCH3 is 1. The third-order valence-electron chi connectivity index (χ3n) is 9.22. The van der Waals surface area contributed by atoms with Gasteiger partial charge in [0.05, 0.1) is 35.5 Å². The molecule has 3 heterocycles. The van der Waals surface area contributed by atoms with Gasteiger partial charge in [0.2, 0.25) is 0 Å². The van der Waals surface area contributed by atoms with Crippen LogP contribution in [-0.2, 0) is 0 Å². The third-order valence-corrected chi connectivity index (χ3v) is 9.22. The highest BCUT2D eigenvalue weighted by Crippen LogP contribution is 2.38. The van der Waals surface area contributed by atoms with E-state index in [2.05, 4.69) is 148 Å². The topological polar surface area (TPSA) is 82.3 Å². The highest BCUT2D eigenvalue weighted by Gasteiger charge is 2.29. The summed E-state index contributed by atoms with van der Waals surface area (Å²) < 4.78 is 5.75. The Labute approximate surface area is 275 Å². The molecule has 0 aromatic heterocycles. The van der Waals surface area contributed by atoms with E-state index in [0.717, 1.165) is 80.9 Å². The van der Waals surface area contributed by atoms with Crippen molar-refractivity contribution in [3.8, 4) is 5.75 Å². The van der Waals surface area contributed by atoms with Gasteiger partial charge >= 0.3 is 0 Å². The van der Waals surface area contributed by atoms with Gasteiger partial charge in [0.1, 0.15) is 11.4 Å². The lowest BCUT2D eigenvalue weighted by atomic mass is 10.0. The van der Waals surface area contributed by atoms with Crippen LogP contribution in [0.25, 0.3) is 0 Å². The highest BCUT2D eigenvalue weighted by molar-refractivity contribution is 5.82. The Hall–Kier alpha value is -3.86. The summed E-state index contributed by atoms with van der Waals surface area (Å²) in [6.07, 6.45) is 0. The molecule has 3 fully saturated rings. The average molecular weight is 628 g/mol. The molecule has 46 heavy (non-hydrogen) atoms. The van der Waals surface area contributed by atoms with Crippen LogP contribution in [0.15, 0.2) is 66.7 Å². The van der Waals surface area contributed by atoms with E-state index < -0.39 is 0 Å². The zero-order valence-electron chi connectivity index (χ0n) is 28.4. The van der Waals surface area contributed by atoms with Gasteiger partial charge in [0, 0.05) is 82.1 Å². The van der Waals surface area contributed by atoms with Gasteiger partial charge in [0.15, 0.2) is 0 Å². The second-order valence-corrected chi connectivity index (χ2v) is 13.9. The Morgan fingerprint density at radius 2 is 1.35 bits per heavy atom. The molecule has 0 saturated carbocycles. The molecule has 10 nitrogen and oxygen atoms in total. The summed E-state index contributed by atoms with van der Waals surface area (Å²) in [5.41, 5.74) is 14.4. The molecule has 5 N–H and O–H groups in total. The van der Waals surface area contributed by atoms with Crippen LogP contribution in [0.3, 0.4) is 0 Å². The van der Waals surface area contributed by atoms with Gasteiger partial charge in [-0.15, -0.1) is 0 Å². The Kier molecular flexibility index (Phi) is 9.67. The van der Waals surface area contributed by atoms with Gasteiger partial charge in [-0.25, -0.2) is 0 Å². The molecule has 3 atom stereocenters. The number of piperazine rings is 3. The van der Waals surface area contributed by atoms with E-state index in [1.165, 1.54) is 11.4 Å². The van der Waals surface area contributed by atoms with Gasteiger partial charge in [-0.2, -0.15) is 5.12 Å². The smallest absolute Gasteiger partial charge is 0.121 e. The van der Waals surface area contributed by atoms with Gasteiger partial charge < -0.3 is 35.4 Å². The number of hydrogen-bond acceptors (Lipinski definition) is 10. The Bertz CT molecular complexity index is 1410. The SMILES string of the molecule is COc1ccc(N(Nc2ccccc2N2CC(C)NC(C)C2)Nc2ccccc2N2CCNC(C)(C)C2)c(N2CCNC(C)C2)c1. The molecule has 248 valence electrons. The summed E-state index contributed by atoms with van der Waals surface area (Å²) in [7, 11) is 1.74. The maximum atomic E-state index is 5.75. The minimum atomic E-state index is 0.0297. The summed E-state index contributed by atoms with van der Waals surface area (Å²) in [6.45, 7) is 18.8. The van der Waals surface area contributed by atoms with Crippen LogP contribution in [-0.4, -0.2) is 83.1 Å². The fourth-order valence-corrected chi connectivity index (χ4v) is 7.17. The number of anilines is 6. The van der Waals surface area contributed by atoms with Gasteiger partial charge in [-0.3, -0.25) is 10.9 Å². The van der Waals surface area contributed by atoms with Gasteiger partial charge in [0.25, 0.3) is 0 Å². The molecule has 3 aliphatic rings. The van der Waals surface area contributed by atoms with Crippen molar-refractivity contribution in [2.24, 2.45) is 0 Å². The first kappa shape index (κ1) is 32.1. The highest BCUT2D eigenvalue weighted by atomic mass is 16.5. The first-order chi connectivity index (χ1) is 22.2. The molecule has 0 aliphatic carbocycles. The Morgan fingerprint density at radius 3 is 1.98 bits per heavy atom. The van der Waals surface area contributed by atoms with Crippen LogP contribution in [0.4, 0.5) is 34.1 Å². The lowest BCUT2D eigenvalue weighted by Crippen LogP contribution is -2.57. The number of rotatable bonds is 9. The Morgan fingerprint density at radius 1 is 0.739 bits per heavy atom. The molecule has 3 saturated heterocycles. The fourth-order valence-electron chi connectivity index (χ4n) is 7.17. The van der Waals surface area contributed by atoms with Crippen molar-refractivity contribution >= 4 is 34.1 Å². The molecule has 0 spiro atoms. The maximum absolute atomic E-state index is 5.75. The molecule has 0 radical (unpaired) electrons. The fraction of sp³-hybridized carbons (Fsp3) is 0.500. The van der Waals surface area contributed by atoms with E-state index in [1.54, 1.807) is 7.11 Å². The van der Waals surface area contributed by atoms with Crippen molar-refractivity contribution in [3.63, 3.8) is 0 Å². The molecular formula is C36H53N9O. The van der Waals surface area contributed by atoms with E-state index in [1.807, 2.05) is 0 Å². The summed E-state index contributed by atoms with van der Waals surface area (Å²) >= 11 is 0. The summed E-state index contributed by atoms with van der Waals surface area (Å²) in [5, 5.41) is 13.1. The quantitative estimate of drug-likeness (QED) is 0.215. The van der Waals surface area contributed by atoms with Crippen LogP contribution >= 0.6 is 0 Å². The summed E-state index contributed by atoms with van der Waals surface area (Å²) in [5.74, 6) is 0.845. The predicted octanol–water partition coefficient (Wildman–Crippen LogP) is 4.73. The Balaban J connectivity index is 1.42. The van der Waals surface area contributed by atoms with Crippen molar-refractivity contribution in [2.45, 2.75) is 58.3 Å². The monoisotopic (exact) mass is 627 g/mol. The number of benzene rings is 3. The second-order valence-electron chi connectivity index (χ2n) is 13.9. The van der Waals surface area contributed by atoms with Crippen molar-refractivity contribution in [1.82, 2.24) is 16.0 Å². The van der Waals surface area contributed by atoms with Gasteiger partial charge in [-0.05, 0) is 71.0 Å². The average Bonchev–Trinajstić information content (AvgIpc) is 3.04. The molecule has 3 aliphatic heterocycles. The molecule has 3 unspecified atom stereocenters. The van der Waals surface area contributed by atoms with E-state index in [0.29, 0.717) is 18.1 Å². The molecular weight excluding hydrogens is 574 g/mol. The van der Waals surface area contributed by atoms with Crippen LogP contribution in [0.2, 0.25) is 0 Å². The normalized spacial score (nSPS) is 23.2. The van der Waals surface area contributed by atoms with Crippen molar-refractivity contribution in [2.75, 3.05) is 90.1 Å². The minimum absolute atomic E-state index is 0.0297. The van der Waals surface area contributed by atoms with Crippen molar-refractivity contribution in [3.05, 3.63) is 66.7 Å². The van der Waals surface area contributed by atoms with Crippen LogP contribution in [0.5, 0.6) is 5.75 Å². The standard InChI is InChI=1S/C36H53N9O/c1-26-22-42(19-17-37-26)35-21-29(46-6)15-16-34(35)45(40-30-11-7-9-13-32(30)43-20-18-38-36(4,5)25-43)41-31-12-8-10-14-33(31)44-23-27(2)39-28(3)24-44/h7-16,21,26-28,37-41H,17-20,22-25H2,1-6H3. The van der Waals surface area contributed by atoms with E-state index in [9.17, 15) is 0 Å². The lowest BCUT2D eigenvalue weighted by Gasteiger charge is -2.42. The molecule has 0 bridgehead atoms. The van der Waals surface area contributed by atoms with E-state index >= 15 is 0 Å². The van der Waals surface area contributed by atoms with E-state index in [4.69, 9.17) is 4.74 Å². The number of nitrogens with zero attached hydrogens (tertiary/aromatic N) is 4. The van der Waals surface area contributed by atoms with Gasteiger partial charge in [-0.1, -0.05) is 24.3 Å². The zero-order chi connectivity index (χ0) is 32.3. The molecule has 3 aromatic carbocycles. The molecule has 3 aromatic rings.